The number of nitrogens with one attached hydrogen (secondary N) is 3. The molecule has 1 aliphatic heterocycles. The highest BCUT2D eigenvalue weighted by Gasteiger charge is 2.21. The van der Waals surface area contributed by atoms with E-state index in [0.717, 1.165) is 12.2 Å². The number of carbonyl (C=O) groups excluding carboxylic acids is 1. The highest BCUT2D eigenvalue weighted by Crippen LogP contribution is 2.13. The Hall–Kier alpha value is -1.39. The Balaban J connectivity index is 1.75. The van der Waals surface area contributed by atoms with Crippen molar-refractivity contribution in [3.8, 4) is 0 Å². The number of anilines is 1. The van der Waals surface area contributed by atoms with Crippen LogP contribution in [0, 0.1) is 13.8 Å². The molecule has 3 N–H and O–H groups in total. The summed E-state index contributed by atoms with van der Waals surface area (Å²) >= 11 is 0. The van der Waals surface area contributed by atoms with Crippen LogP contribution in [0.1, 0.15) is 24.5 Å². The molecule has 1 heterocycles. The Bertz CT molecular complexity index is 459. The summed E-state index contributed by atoms with van der Waals surface area (Å²) in [6.07, 6.45) is 0.615. The predicted molar refractivity (Wildman–Crippen MR) is 86.0 cm³/mol. The van der Waals surface area contributed by atoms with Crippen molar-refractivity contribution in [2.24, 2.45) is 0 Å². The lowest BCUT2D eigenvalue weighted by atomic mass is 10.1. The average Bonchev–Trinajstić information content (AvgIpc) is 2.44. The van der Waals surface area contributed by atoms with Gasteiger partial charge < -0.3 is 15.1 Å². The van der Waals surface area contributed by atoms with Crippen LogP contribution in [0.15, 0.2) is 18.2 Å². The Kier molecular flexibility index (Phi) is 5.76. The molecule has 0 spiro atoms. The number of rotatable bonds is 5. The summed E-state index contributed by atoms with van der Waals surface area (Å²) in [5.74, 6) is 0.137. The van der Waals surface area contributed by atoms with E-state index >= 15 is 0 Å². The molecule has 0 atom stereocenters. The standard InChI is InChI=1S/C17H27N3O/c1-4-19-7-9-20(10-8-19)6-5-17(21)18-16-12-14(2)11-15(3)13-16/h11-13H,4-10H2,1-3H3,(H,18,21)/p+2. The Labute approximate surface area is 128 Å². The molecule has 1 saturated heterocycles. The van der Waals surface area contributed by atoms with Crippen molar-refractivity contribution in [3.05, 3.63) is 29.3 Å². The van der Waals surface area contributed by atoms with Crippen LogP contribution in [-0.4, -0.2) is 45.2 Å². The number of piperazine rings is 1. The number of likely N-dealkylation sites (N-methyl/N-ethyl adjacent to an activating group) is 1. The first-order chi connectivity index (χ1) is 10.1. The molecule has 0 unspecified atom stereocenters. The summed E-state index contributed by atoms with van der Waals surface area (Å²) in [6, 6.07) is 6.18. The van der Waals surface area contributed by atoms with Crippen LogP contribution in [-0.2, 0) is 4.79 Å². The van der Waals surface area contributed by atoms with E-state index in [4.69, 9.17) is 0 Å². The quantitative estimate of drug-likeness (QED) is 0.668. The molecule has 0 bridgehead atoms. The first-order valence-electron chi connectivity index (χ1n) is 8.12. The topological polar surface area (TPSA) is 38.0 Å². The van der Waals surface area contributed by atoms with E-state index in [0.29, 0.717) is 6.42 Å². The second-order valence-electron chi connectivity index (χ2n) is 6.28. The van der Waals surface area contributed by atoms with Gasteiger partial charge in [-0.05, 0) is 44.0 Å². The van der Waals surface area contributed by atoms with E-state index in [1.54, 1.807) is 9.80 Å². The minimum Gasteiger partial charge on any atom is -0.326 e. The maximum absolute atomic E-state index is 12.1. The Morgan fingerprint density at radius 2 is 1.62 bits per heavy atom. The second-order valence-corrected chi connectivity index (χ2v) is 6.28. The van der Waals surface area contributed by atoms with Gasteiger partial charge in [0.2, 0.25) is 5.91 Å². The highest BCUT2D eigenvalue weighted by molar-refractivity contribution is 5.90. The zero-order valence-corrected chi connectivity index (χ0v) is 13.6. The molecule has 1 aromatic rings. The fourth-order valence-electron chi connectivity index (χ4n) is 3.12. The second kappa shape index (κ2) is 7.57. The van der Waals surface area contributed by atoms with Crippen LogP contribution in [0.25, 0.3) is 0 Å². The highest BCUT2D eigenvalue weighted by atomic mass is 16.1. The first kappa shape index (κ1) is 16.0. The number of aryl methyl sites for hydroxylation is 2. The molecule has 1 fully saturated rings. The lowest BCUT2D eigenvalue weighted by molar-refractivity contribution is -1.01. The molecule has 1 aliphatic rings. The maximum atomic E-state index is 12.1. The molecule has 0 aliphatic carbocycles. The Morgan fingerprint density at radius 3 is 2.19 bits per heavy atom. The number of amides is 1. The largest absolute Gasteiger partial charge is 0.326 e. The van der Waals surface area contributed by atoms with Crippen molar-refractivity contribution in [2.75, 3.05) is 44.6 Å². The minimum absolute atomic E-state index is 0.137. The predicted octanol–water partition coefficient (Wildman–Crippen LogP) is -0.565. The molecule has 21 heavy (non-hydrogen) atoms. The third-order valence-corrected chi connectivity index (χ3v) is 4.38. The van der Waals surface area contributed by atoms with Gasteiger partial charge in [-0.15, -0.1) is 0 Å². The van der Waals surface area contributed by atoms with Crippen molar-refractivity contribution in [1.29, 1.82) is 0 Å². The molecule has 0 radical (unpaired) electrons. The first-order valence-corrected chi connectivity index (χ1v) is 8.12. The Morgan fingerprint density at radius 1 is 1.05 bits per heavy atom. The molecule has 1 amide bonds. The molecule has 1 aromatic carbocycles. The van der Waals surface area contributed by atoms with Crippen LogP contribution in [0.4, 0.5) is 5.69 Å². The molecule has 0 saturated carbocycles. The summed E-state index contributed by atoms with van der Waals surface area (Å²) < 4.78 is 0. The van der Waals surface area contributed by atoms with Gasteiger partial charge in [-0.1, -0.05) is 6.07 Å². The van der Waals surface area contributed by atoms with Crippen LogP contribution >= 0.6 is 0 Å². The van der Waals surface area contributed by atoms with Crippen molar-refractivity contribution < 1.29 is 14.6 Å². The van der Waals surface area contributed by atoms with E-state index in [9.17, 15) is 4.79 Å². The molecule has 4 heteroatoms. The van der Waals surface area contributed by atoms with Gasteiger partial charge in [-0.25, -0.2) is 0 Å². The minimum atomic E-state index is 0.137. The molecule has 4 nitrogen and oxygen atoms in total. The molecule has 2 rings (SSSR count). The number of hydrogen-bond acceptors (Lipinski definition) is 1. The van der Waals surface area contributed by atoms with Gasteiger partial charge in [0.25, 0.3) is 0 Å². The molecular weight excluding hydrogens is 262 g/mol. The zero-order chi connectivity index (χ0) is 15.2. The SMILES string of the molecule is CC[NH+]1CC[NH+](CCC(=O)Nc2cc(C)cc(C)c2)CC1. The summed E-state index contributed by atoms with van der Waals surface area (Å²) in [5.41, 5.74) is 3.30. The van der Waals surface area contributed by atoms with Crippen molar-refractivity contribution in [1.82, 2.24) is 0 Å². The lowest BCUT2D eigenvalue weighted by Gasteiger charge is -2.28. The molecule has 0 aromatic heterocycles. The fraction of sp³-hybridized carbons (Fsp3) is 0.588. The van der Waals surface area contributed by atoms with Crippen LogP contribution in [0.2, 0.25) is 0 Å². The number of benzene rings is 1. The van der Waals surface area contributed by atoms with Crippen molar-refractivity contribution in [2.45, 2.75) is 27.2 Å². The number of quaternary nitrogens is 2. The van der Waals surface area contributed by atoms with E-state index in [1.165, 1.54) is 43.9 Å². The van der Waals surface area contributed by atoms with Crippen LogP contribution in [0.5, 0.6) is 0 Å². The number of hydrogen-bond donors (Lipinski definition) is 3. The van der Waals surface area contributed by atoms with Crippen LogP contribution < -0.4 is 15.1 Å². The zero-order valence-electron chi connectivity index (χ0n) is 13.6. The van der Waals surface area contributed by atoms with E-state index in [1.807, 2.05) is 12.1 Å². The normalized spacial score (nSPS) is 22.0. The number of carbonyl (C=O) groups is 1. The monoisotopic (exact) mass is 291 g/mol. The third-order valence-electron chi connectivity index (χ3n) is 4.38. The lowest BCUT2D eigenvalue weighted by Crippen LogP contribution is -3.28. The third kappa shape index (κ3) is 5.14. The van der Waals surface area contributed by atoms with Gasteiger partial charge in [-0.3, -0.25) is 4.79 Å². The van der Waals surface area contributed by atoms with E-state index in [2.05, 4.69) is 32.2 Å². The van der Waals surface area contributed by atoms with Crippen molar-refractivity contribution in [3.63, 3.8) is 0 Å². The van der Waals surface area contributed by atoms with E-state index < -0.39 is 0 Å². The van der Waals surface area contributed by atoms with E-state index in [-0.39, 0.29) is 5.91 Å². The maximum Gasteiger partial charge on any atom is 0.230 e. The summed E-state index contributed by atoms with van der Waals surface area (Å²) in [5, 5.41) is 3.03. The van der Waals surface area contributed by atoms with Crippen LogP contribution in [0.3, 0.4) is 0 Å². The smallest absolute Gasteiger partial charge is 0.230 e. The van der Waals surface area contributed by atoms with Gasteiger partial charge in [-0.2, -0.15) is 0 Å². The van der Waals surface area contributed by atoms with Gasteiger partial charge in [0.1, 0.15) is 26.2 Å². The van der Waals surface area contributed by atoms with Gasteiger partial charge >= 0.3 is 0 Å². The summed E-state index contributed by atoms with van der Waals surface area (Å²) in [7, 11) is 0. The van der Waals surface area contributed by atoms with Gasteiger partial charge in [0, 0.05) is 5.69 Å². The van der Waals surface area contributed by atoms with Crippen molar-refractivity contribution >= 4 is 11.6 Å². The summed E-state index contributed by atoms with van der Waals surface area (Å²) in [4.78, 5) is 15.3. The van der Waals surface area contributed by atoms with Gasteiger partial charge in [0.05, 0.1) is 19.5 Å². The fourth-order valence-corrected chi connectivity index (χ4v) is 3.12. The summed E-state index contributed by atoms with van der Waals surface area (Å²) in [6.45, 7) is 13.4. The molecular formula is C17H29N3O+2. The average molecular weight is 291 g/mol. The van der Waals surface area contributed by atoms with Gasteiger partial charge in [0.15, 0.2) is 0 Å². The molecule has 116 valence electrons.